The lowest BCUT2D eigenvalue weighted by atomic mass is 10.0. The molecule has 15 heteroatoms. The van der Waals surface area contributed by atoms with E-state index in [9.17, 15) is 0 Å². The molecule has 10 aromatic heterocycles. The van der Waals surface area contributed by atoms with Crippen molar-refractivity contribution in [1.82, 2.24) is 49.8 Å². The van der Waals surface area contributed by atoms with Gasteiger partial charge in [0.2, 0.25) is 22.1 Å². The normalized spacial score (nSPS) is 11.1. The predicted octanol–water partition coefficient (Wildman–Crippen LogP) is 15.7. The zero-order chi connectivity index (χ0) is 71.4. The Labute approximate surface area is 593 Å². The Balaban J connectivity index is 0.000000127. The Morgan fingerprint density at radius 1 is 0.317 bits per heavy atom. The molecule has 15 aromatic rings. The third-order valence-corrected chi connectivity index (χ3v) is 17.8. The van der Waals surface area contributed by atoms with Crippen molar-refractivity contribution in [1.29, 1.82) is 0 Å². The third kappa shape index (κ3) is 17.0. The molecule has 0 N–H and O–H groups in total. The summed E-state index contributed by atoms with van der Waals surface area (Å²) in [6, 6.07) is 51.8. The van der Waals surface area contributed by atoms with Crippen LogP contribution in [0.2, 0.25) is 0 Å². The fraction of sp³-hybridized carbons (Fsp3) is 0.244. The van der Waals surface area contributed by atoms with Crippen LogP contribution < -0.4 is 22.8 Å². The number of hydrogen-bond acceptors (Lipinski definition) is 10. The zero-order valence-electron chi connectivity index (χ0n) is 61.2. The molecule has 0 saturated heterocycles. The minimum Gasteiger partial charge on any atom is -0.264 e. The smallest absolute Gasteiger partial charge is 0.264 e. The summed E-state index contributed by atoms with van der Waals surface area (Å²) < 4.78 is 10.3. The molecule has 0 saturated carbocycles. The molecule has 0 spiro atoms. The number of rotatable bonds is 10. The highest BCUT2D eigenvalue weighted by atomic mass is 15.1. The Morgan fingerprint density at radius 2 is 0.723 bits per heavy atom. The van der Waals surface area contributed by atoms with E-state index in [2.05, 4.69) is 245 Å². The minimum absolute atomic E-state index is 0.458. The molecule has 15 nitrogen and oxygen atoms in total. The van der Waals surface area contributed by atoms with Gasteiger partial charge in [-0.1, -0.05) is 133 Å². The van der Waals surface area contributed by atoms with E-state index in [1.165, 1.54) is 66.6 Å². The second kappa shape index (κ2) is 32.0. The van der Waals surface area contributed by atoms with Gasteiger partial charge in [0.15, 0.2) is 22.1 Å². The maximum absolute atomic E-state index is 4.87. The number of aryl methyl sites for hydroxylation is 10. The minimum atomic E-state index is 0.458. The van der Waals surface area contributed by atoms with E-state index in [0.29, 0.717) is 17.8 Å². The molecule has 0 bridgehead atoms. The van der Waals surface area contributed by atoms with Gasteiger partial charge in [-0.05, 0) is 189 Å². The van der Waals surface area contributed by atoms with Crippen LogP contribution >= 0.6 is 0 Å². The number of nitrogens with zero attached hydrogens (tertiary/aromatic N) is 15. The van der Waals surface area contributed by atoms with Crippen molar-refractivity contribution in [3.8, 4) is 56.9 Å². The maximum atomic E-state index is 4.87. The molecular weight excluding hydrogens is 1240 g/mol. The van der Waals surface area contributed by atoms with E-state index in [-0.39, 0.29) is 0 Å². The van der Waals surface area contributed by atoms with E-state index in [0.717, 1.165) is 103 Å². The van der Waals surface area contributed by atoms with Gasteiger partial charge in [0.1, 0.15) is 31.0 Å². The summed E-state index contributed by atoms with van der Waals surface area (Å²) in [4.78, 5) is 46.0. The van der Waals surface area contributed by atoms with Gasteiger partial charge in [-0.25, -0.2) is 37.8 Å². The van der Waals surface area contributed by atoms with Gasteiger partial charge in [-0.3, -0.25) is 9.97 Å². The summed E-state index contributed by atoms with van der Waals surface area (Å²) >= 11 is 0. The van der Waals surface area contributed by atoms with Crippen LogP contribution in [0.1, 0.15) is 92.0 Å². The van der Waals surface area contributed by atoms with Crippen molar-refractivity contribution >= 4 is 54.9 Å². The van der Waals surface area contributed by atoms with E-state index in [4.69, 9.17) is 24.9 Å². The van der Waals surface area contributed by atoms with Crippen molar-refractivity contribution in [3.63, 3.8) is 0 Å². The van der Waals surface area contributed by atoms with Gasteiger partial charge >= 0.3 is 29.1 Å². The quantitative estimate of drug-likeness (QED) is 0.121. The van der Waals surface area contributed by atoms with Crippen LogP contribution in [0.15, 0.2) is 226 Å². The van der Waals surface area contributed by atoms with Gasteiger partial charge in [0, 0.05) is 43.2 Å². The molecular formula is C86H92N15+5. The number of aromatic nitrogens is 15. The fourth-order valence-electron chi connectivity index (χ4n) is 12.4. The Hall–Kier alpha value is -11.5. The second-order valence-electron chi connectivity index (χ2n) is 27.3. The van der Waals surface area contributed by atoms with Crippen LogP contribution in [0.5, 0.6) is 0 Å². The second-order valence-corrected chi connectivity index (χ2v) is 27.3. The molecule has 0 radical (unpaired) electrons. The van der Waals surface area contributed by atoms with E-state index in [1.54, 1.807) is 12.4 Å². The molecule has 101 heavy (non-hydrogen) atoms. The lowest BCUT2D eigenvalue weighted by Crippen LogP contribution is -2.32. The highest BCUT2D eigenvalue weighted by Crippen LogP contribution is 2.27. The summed E-state index contributed by atoms with van der Waals surface area (Å²) in [6.07, 6.45) is 25.6. The zero-order valence-corrected chi connectivity index (χ0v) is 61.2. The fourth-order valence-corrected chi connectivity index (χ4v) is 12.4. The molecule has 0 aliphatic carbocycles. The van der Waals surface area contributed by atoms with E-state index >= 15 is 0 Å². The summed E-state index contributed by atoms with van der Waals surface area (Å²) in [5.41, 5.74) is 23.3. The standard InChI is InChI=1S/2C19H22N3.C18H20N3.2C15H14N3/c1-13(2)9-15-10-20-11-18-17(15)12-22(4)19(21-18)16-8-6-5-7-14(16)3;1-13(2)9-15-10-17-18(20-11-15)12-22(4)19(21-17)16-8-6-5-7-14(16)3;1-12(2)14-9-16-17(19-10-14)11-21(4)18(20-16)15-8-6-5-7-13(15)3;1-11-6-3-4-7-12(11)15-17-13-8-5-9-16-14(13)10-18(15)2;1-11-5-3-4-6-13(11)15-17-14-7-8-16-9-12(14)10-18(15)2/h2*5-8,10-13H,9H2,1-4H3;5-12H,1-4H3;2*3-10H,1-2H3/q5*+1. The first-order chi connectivity index (χ1) is 48.7. The highest BCUT2D eigenvalue weighted by molar-refractivity contribution is 5.82. The monoisotopic (exact) mass is 1330 g/mol. The molecule has 10 heterocycles. The number of pyridine rings is 5. The average molecular weight is 1340 g/mol. The summed E-state index contributed by atoms with van der Waals surface area (Å²) in [6.45, 7) is 23.8. The van der Waals surface area contributed by atoms with Gasteiger partial charge in [0.25, 0.3) is 0 Å². The number of benzene rings is 5. The molecule has 0 amide bonds. The van der Waals surface area contributed by atoms with Gasteiger partial charge in [-0.2, -0.15) is 0 Å². The maximum Gasteiger partial charge on any atom is 0.331 e. The van der Waals surface area contributed by atoms with Crippen LogP contribution in [0.25, 0.3) is 112 Å². The first kappa shape index (κ1) is 70.9. The molecule has 0 unspecified atom stereocenters. The molecule has 15 rings (SSSR count). The number of hydrogen-bond donors (Lipinski definition) is 0. The SMILES string of the molecule is Cc1ccccc1-c1nc2cc(C(C)C)cnc2c[n+]1C.Cc1ccccc1-c1nc2cc(CC(C)C)cnc2c[n+]1C.Cc1ccccc1-c1nc2cccnc2c[n+]1C.Cc1ccccc1-c1nc2ccncc2c[n+]1C.Cc1ccccc1-c1nc2cncc(CC(C)C)c2c[n+]1C. The van der Waals surface area contributed by atoms with Gasteiger partial charge in [0.05, 0.1) is 80.0 Å². The lowest BCUT2D eigenvalue weighted by molar-refractivity contribution is -0.661. The summed E-state index contributed by atoms with van der Waals surface area (Å²) in [5, 5.41) is 2.25. The van der Waals surface area contributed by atoms with Gasteiger partial charge in [-0.15, -0.1) is 0 Å². The molecule has 0 aliphatic heterocycles. The third-order valence-electron chi connectivity index (χ3n) is 17.8. The van der Waals surface area contributed by atoms with E-state index in [1.807, 2.05) is 128 Å². The molecule has 0 fully saturated rings. The van der Waals surface area contributed by atoms with Crippen molar-refractivity contribution in [2.24, 2.45) is 47.1 Å². The van der Waals surface area contributed by atoms with Crippen molar-refractivity contribution < 1.29 is 22.8 Å². The van der Waals surface area contributed by atoms with Crippen LogP contribution in [-0.4, -0.2) is 49.8 Å². The van der Waals surface area contributed by atoms with Crippen molar-refractivity contribution in [3.05, 3.63) is 271 Å². The Bertz CT molecular complexity index is 5270. The van der Waals surface area contributed by atoms with Crippen LogP contribution in [0.3, 0.4) is 0 Å². The van der Waals surface area contributed by atoms with Crippen molar-refractivity contribution in [2.45, 2.75) is 94.9 Å². The van der Waals surface area contributed by atoms with Crippen molar-refractivity contribution in [2.75, 3.05) is 0 Å². The summed E-state index contributed by atoms with van der Waals surface area (Å²) in [7, 11) is 10.1. The Kier molecular flexibility index (Phi) is 22.5. The lowest BCUT2D eigenvalue weighted by Gasteiger charge is -2.08. The average Bonchev–Trinajstić information content (AvgIpc) is 0.811. The molecule has 506 valence electrons. The van der Waals surface area contributed by atoms with Gasteiger partial charge < -0.3 is 0 Å². The predicted molar refractivity (Wildman–Crippen MR) is 406 cm³/mol. The molecule has 0 atom stereocenters. The highest BCUT2D eigenvalue weighted by Gasteiger charge is 2.24. The van der Waals surface area contributed by atoms with Crippen LogP contribution in [0.4, 0.5) is 0 Å². The Morgan fingerprint density at radius 3 is 1.19 bits per heavy atom. The first-order valence-corrected chi connectivity index (χ1v) is 34.6. The molecule has 0 aliphatic rings. The molecule has 5 aromatic carbocycles. The van der Waals surface area contributed by atoms with E-state index < -0.39 is 0 Å². The van der Waals surface area contributed by atoms with Crippen LogP contribution in [0, 0.1) is 46.5 Å². The van der Waals surface area contributed by atoms with Crippen LogP contribution in [-0.2, 0) is 48.1 Å². The first-order valence-electron chi connectivity index (χ1n) is 34.6. The number of fused-ring (bicyclic) bond motifs is 5. The largest absolute Gasteiger partial charge is 0.331 e. The topological polar surface area (TPSA) is 148 Å². The summed E-state index contributed by atoms with van der Waals surface area (Å²) in [5.74, 6) is 6.56.